The molecule has 0 spiro atoms. The number of hydrogen-bond donors (Lipinski definition) is 2. The predicted octanol–water partition coefficient (Wildman–Crippen LogP) is 6.20. The molecule has 11 heteroatoms. The monoisotopic (exact) mass is 572 g/mol. The molecule has 0 aliphatic rings. The number of nitrogens with zero attached hydrogens (tertiary/aromatic N) is 2. The number of benzene rings is 2. The third-order valence-electron chi connectivity index (χ3n) is 6.31. The van der Waals surface area contributed by atoms with Gasteiger partial charge in [-0.05, 0) is 43.2 Å². The molecule has 0 radical (unpaired) electrons. The molecule has 0 saturated heterocycles. The number of halogens is 3. The lowest BCUT2D eigenvalue weighted by Crippen LogP contribution is -2.30. The lowest BCUT2D eigenvalue weighted by Gasteiger charge is -2.45. The van der Waals surface area contributed by atoms with E-state index in [9.17, 15) is 9.18 Å². The molecular formula is C24H31BrF2N4O3S. The number of aromatic nitrogens is 2. The molecule has 0 atom stereocenters. The lowest BCUT2D eigenvalue weighted by atomic mass is 10.1. The fraction of sp³-hybridized carbons (Fsp3) is 0.417. The first kappa shape index (κ1) is 27.4. The van der Waals surface area contributed by atoms with E-state index in [2.05, 4.69) is 65.0 Å². The molecule has 1 heterocycles. The second-order valence-electron chi connectivity index (χ2n) is 9.03. The second-order valence-corrected chi connectivity index (χ2v) is 13.8. The Morgan fingerprint density at radius 1 is 1.23 bits per heavy atom. The van der Waals surface area contributed by atoms with Gasteiger partial charge in [-0.1, -0.05) is 36.7 Å². The minimum Gasteiger partial charge on any atom is -0.350 e. The lowest BCUT2D eigenvalue weighted by molar-refractivity contribution is 0.0214. The van der Waals surface area contributed by atoms with E-state index in [4.69, 9.17) is 9.02 Å². The Bertz CT molecular complexity index is 1230. The molecule has 7 nitrogen and oxygen atoms in total. The van der Waals surface area contributed by atoms with E-state index in [1.165, 1.54) is 24.5 Å². The molecule has 3 aromatic rings. The van der Waals surface area contributed by atoms with Crippen LogP contribution < -0.4 is 10.8 Å². The first-order valence-electron chi connectivity index (χ1n) is 11.0. The van der Waals surface area contributed by atoms with Crippen LogP contribution in [0.4, 0.5) is 20.2 Å². The van der Waals surface area contributed by atoms with Crippen LogP contribution in [0.3, 0.4) is 0 Å². The number of carbonyl (C=O) groups is 1. The zero-order valence-electron chi connectivity index (χ0n) is 20.7. The topological polar surface area (TPSA) is 77.4 Å². The number of hydroxylamine groups is 1. The molecule has 1 aromatic heterocycles. The Labute approximate surface area is 214 Å². The van der Waals surface area contributed by atoms with Crippen LogP contribution in [0.5, 0.6) is 0 Å². The van der Waals surface area contributed by atoms with Crippen LogP contribution in [-0.2, 0) is 16.1 Å². The fourth-order valence-electron chi connectivity index (χ4n) is 3.21. The number of imidazole rings is 1. The second kappa shape index (κ2) is 10.8. The molecule has 1 amide bonds. The van der Waals surface area contributed by atoms with Gasteiger partial charge in [0, 0.05) is 16.3 Å². The summed E-state index contributed by atoms with van der Waals surface area (Å²) in [4.78, 5) is 22.4. The number of rotatable bonds is 10. The van der Waals surface area contributed by atoms with Gasteiger partial charge in [0.1, 0.15) is 11.3 Å². The molecule has 0 bridgehead atoms. The zero-order chi connectivity index (χ0) is 26.0. The van der Waals surface area contributed by atoms with Crippen molar-refractivity contribution < 1.29 is 22.6 Å². The highest BCUT2D eigenvalue weighted by molar-refractivity contribution is 9.10. The molecule has 0 unspecified atom stereocenters. The highest BCUT2D eigenvalue weighted by Crippen LogP contribution is 2.55. The average Bonchev–Trinajstić information content (AvgIpc) is 3.17. The van der Waals surface area contributed by atoms with Crippen LogP contribution in [0.1, 0.15) is 37.6 Å². The van der Waals surface area contributed by atoms with E-state index in [0.29, 0.717) is 9.99 Å². The number of aryl methyl sites for hydroxylation is 1. The van der Waals surface area contributed by atoms with E-state index >= 15 is 4.39 Å². The first-order valence-corrected chi connectivity index (χ1v) is 14.2. The van der Waals surface area contributed by atoms with E-state index < -0.39 is 27.9 Å². The SMILES string of the molecule is CCC(C)(C)S(C)(C)OCCONC(=O)c1cc2c(ncn2C)c(F)c1Nc1ccc(Br)cc1F. The van der Waals surface area contributed by atoms with Crippen LogP contribution in [0.2, 0.25) is 0 Å². The summed E-state index contributed by atoms with van der Waals surface area (Å²) in [6, 6.07) is 5.77. The molecule has 35 heavy (non-hydrogen) atoms. The average molecular weight is 574 g/mol. The van der Waals surface area contributed by atoms with Gasteiger partial charge in [0.25, 0.3) is 5.91 Å². The van der Waals surface area contributed by atoms with Gasteiger partial charge in [-0.15, -0.1) is 10.3 Å². The normalized spacial score (nSPS) is 12.7. The van der Waals surface area contributed by atoms with Crippen molar-refractivity contribution in [2.75, 3.05) is 31.0 Å². The largest absolute Gasteiger partial charge is 0.350 e. The number of amides is 1. The summed E-state index contributed by atoms with van der Waals surface area (Å²) >= 11 is 3.19. The predicted molar refractivity (Wildman–Crippen MR) is 141 cm³/mol. The quantitative estimate of drug-likeness (QED) is 0.223. The van der Waals surface area contributed by atoms with Crippen molar-refractivity contribution >= 4 is 54.6 Å². The van der Waals surface area contributed by atoms with Gasteiger partial charge < -0.3 is 14.1 Å². The van der Waals surface area contributed by atoms with Crippen molar-refractivity contribution in [2.24, 2.45) is 7.05 Å². The number of nitrogens with one attached hydrogen (secondary N) is 2. The van der Waals surface area contributed by atoms with Crippen LogP contribution in [0.25, 0.3) is 11.0 Å². The Balaban J connectivity index is 1.78. The van der Waals surface area contributed by atoms with Crippen LogP contribution in [0, 0.1) is 11.6 Å². The minimum absolute atomic E-state index is 0.00879. The highest BCUT2D eigenvalue weighted by atomic mass is 79.9. The van der Waals surface area contributed by atoms with Gasteiger partial charge in [-0.2, -0.15) is 0 Å². The van der Waals surface area contributed by atoms with Gasteiger partial charge in [0.2, 0.25) is 0 Å². The molecule has 3 rings (SSSR count). The Kier molecular flexibility index (Phi) is 8.46. The molecule has 0 saturated carbocycles. The maximum Gasteiger partial charge on any atom is 0.277 e. The van der Waals surface area contributed by atoms with Crippen molar-refractivity contribution in [3.63, 3.8) is 0 Å². The van der Waals surface area contributed by atoms with E-state index in [1.54, 1.807) is 17.7 Å². The molecule has 2 aromatic carbocycles. The summed E-state index contributed by atoms with van der Waals surface area (Å²) in [5, 5.41) is 2.71. The van der Waals surface area contributed by atoms with Crippen molar-refractivity contribution in [3.05, 3.63) is 52.3 Å². The highest BCUT2D eigenvalue weighted by Gasteiger charge is 2.31. The molecule has 192 valence electrons. The summed E-state index contributed by atoms with van der Waals surface area (Å²) in [5.41, 5.74) is 2.56. The van der Waals surface area contributed by atoms with Crippen LogP contribution in [-0.4, -0.2) is 45.9 Å². The maximum atomic E-state index is 15.4. The molecule has 2 N–H and O–H groups in total. The zero-order valence-corrected chi connectivity index (χ0v) is 23.1. The van der Waals surface area contributed by atoms with Gasteiger partial charge >= 0.3 is 0 Å². The number of hydrogen-bond acceptors (Lipinski definition) is 5. The number of carbonyl (C=O) groups excluding carboxylic acids is 1. The summed E-state index contributed by atoms with van der Waals surface area (Å²) in [5.74, 6) is -2.07. The van der Waals surface area contributed by atoms with Crippen LogP contribution in [0.15, 0.2) is 35.1 Å². The van der Waals surface area contributed by atoms with E-state index in [0.717, 1.165) is 6.42 Å². The van der Waals surface area contributed by atoms with E-state index in [1.807, 2.05) is 0 Å². The van der Waals surface area contributed by atoms with Gasteiger partial charge in [-0.25, -0.2) is 19.2 Å². The molecule has 0 aliphatic carbocycles. The first-order chi connectivity index (χ1) is 16.4. The minimum atomic E-state index is -1.34. The van der Waals surface area contributed by atoms with Crippen LogP contribution >= 0.6 is 26.2 Å². The number of anilines is 2. The van der Waals surface area contributed by atoms with Gasteiger partial charge in [0.05, 0.1) is 42.0 Å². The maximum absolute atomic E-state index is 15.4. The van der Waals surface area contributed by atoms with Gasteiger partial charge in [0.15, 0.2) is 5.82 Å². The van der Waals surface area contributed by atoms with E-state index in [-0.39, 0.29) is 40.4 Å². The molecule has 0 aliphatic heterocycles. The Morgan fingerprint density at radius 3 is 2.60 bits per heavy atom. The summed E-state index contributed by atoms with van der Waals surface area (Å²) in [7, 11) is 0.348. The summed E-state index contributed by atoms with van der Waals surface area (Å²) in [6.07, 6.45) is 6.61. The van der Waals surface area contributed by atoms with Gasteiger partial charge in [-0.3, -0.25) is 9.63 Å². The molecular weight excluding hydrogens is 542 g/mol. The van der Waals surface area contributed by atoms with Crippen molar-refractivity contribution in [1.82, 2.24) is 15.0 Å². The third-order valence-corrected chi connectivity index (χ3v) is 10.5. The smallest absolute Gasteiger partial charge is 0.277 e. The Hall–Kier alpha value is -2.21. The summed E-state index contributed by atoms with van der Waals surface area (Å²) < 4.78 is 38.1. The Morgan fingerprint density at radius 2 is 1.94 bits per heavy atom. The molecule has 0 fully saturated rings. The van der Waals surface area contributed by atoms with Crippen molar-refractivity contribution in [3.8, 4) is 0 Å². The standard InChI is InChI=1S/C24H31BrF2N4O3S/c1-7-24(2,3)35(5,6)34-11-10-33-30-23(32)16-13-19-22(28-14-31(19)4)20(27)21(16)29-18-9-8-15(25)12-17(18)26/h8-9,12-14,29H,7,10-11H2,1-6H3,(H,30,32). The fourth-order valence-corrected chi connectivity index (χ4v) is 5.05. The van der Waals surface area contributed by atoms with Crippen molar-refractivity contribution in [2.45, 2.75) is 31.9 Å². The third kappa shape index (κ3) is 5.96. The van der Waals surface area contributed by atoms with Crippen molar-refractivity contribution in [1.29, 1.82) is 0 Å². The number of fused-ring (bicyclic) bond motifs is 1. The summed E-state index contributed by atoms with van der Waals surface area (Å²) in [6.45, 7) is 6.85.